The molecule has 5 nitrogen and oxygen atoms in total. The largest absolute Gasteiger partial charge is 0.459 e. The van der Waals surface area contributed by atoms with Crippen LogP contribution in [0.1, 0.15) is 41.4 Å². The third-order valence-electron chi connectivity index (χ3n) is 3.70. The van der Waals surface area contributed by atoms with Crippen molar-refractivity contribution in [3.8, 4) is 0 Å². The van der Waals surface area contributed by atoms with Gasteiger partial charge in [-0.25, -0.2) is 4.79 Å². The first-order valence-corrected chi connectivity index (χ1v) is 7.43. The second kappa shape index (κ2) is 6.12. The Bertz CT molecular complexity index is 891. The van der Waals surface area contributed by atoms with Crippen LogP contribution in [-0.4, -0.2) is 5.91 Å². The summed E-state index contributed by atoms with van der Waals surface area (Å²) >= 11 is 0. The second-order valence-corrected chi connectivity index (χ2v) is 5.66. The van der Waals surface area contributed by atoms with E-state index in [0.29, 0.717) is 11.5 Å². The maximum atomic E-state index is 12.0. The highest BCUT2D eigenvalue weighted by Gasteiger charge is 2.11. The molecule has 0 fully saturated rings. The summed E-state index contributed by atoms with van der Waals surface area (Å²) in [5.74, 6) is 0.272. The molecule has 5 heteroatoms. The first-order chi connectivity index (χ1) is 11.0. The minimum atomic E-state index is -0.433. The number of benzene rings is 1. The van der Waals surface area contributed by atoms with Crippen LogP contribution >= 0.6 is 0 Å². The monoisotopic (exact) mass is 311 g/mol. The molecule has 2 heterocycles. The Kier molecular flexibility index (Phi) is 4.02. The molecule has 1 N–H and O–H groups in total. The second-order valence-electron chi connectivity index (χ2n) is 5.66. The van der Waals surface area contributed by atoms with E-state index in [-0.39, 0.29) is 18.2 Å². The van der Waals surface area contributed by atoms with E-state index >= 15 is 0 Å². The zero-order chi connectivity index (χ0) is 16.4. The number of rotatable bonds is 4. The molecule has 2 aromatic heterocycles. The average Bonchev–Trinajstić information content (AvgIpc) is 3.06. The molecule has 0 spiro atoms. The average molecular weight is 311 g/mol. The molecule has 0 saturated carbocycles. The number of fused-ring (bicyclic) bond motifs is 1. The first kappa shape index (κ1) is 15.1. The summed E-state index contributed by atoms with van der Waals surface area (Å²) in [5.41, 5.74) is 1.95. The van der Waals surface area contributed by atoms with Crippen molar-refractivity contribution in [2.45, 2.75) is 26.3 Å². The predicted octanol–water partition coefficient (Wildman–Crippen LogP) is 3.44. The molecule has 23 heavy (non-hydrogen) atoms. The molecule has 0 atom stereocenters. The van der Waals surface area contributed by atoms with Crippen LogP contribution in [0.2, 0.25) is 0 Å². The maximum Gasteiger partial charge on any atom is 0.336 e. The van der Waals surface area contributed by atoms with Gasteiger partial charge in [0.05, 0.1) is 6.26 Å². The molecule has 1 amide bonds. The zero-order valence-electron chi connectivity index (χ0n) is 13.0. The fourth-order valence-electron chi connectivity index (χ4n) is 2.42. The zero-order valence-corrected chi connectivity index (χ0v) is 13.0. The Balaban J connectivity index is 1.94. The van der Waals surface area contributed by atoms with Crippen molar-refractivity contribution in [3.63, 3.8) is 0 Å². The molecule has 118 valence electrons. The van der Waals surface area contributed by atoms with Gasteiger partial charge in [0.25, 0.3) is 5.91 Å². The van der Waals surface area contributed by atoms with Crippen molar-refractivity contribution in [2.24, 2.45) is 0 Å². The Morgan fingerprint density at radius 2 is 2.04 bits per heavy atom. The minimum absolute atomic E-state index is 0.225. The van der Waals surface area contributed by atoms with E-state index < -0.39 is 5.63 Å². The van der Waals surface area contributed by atoms with E-state index in [1.165, 1.54) is 12.3 Å². The highest BCUT2D eigenvalue weighted by molar-refractivity contribution is 5.91. The molecular formula is C18H17NO4. The molecule has 3 rings (SSSR count). The fourth-order valence-corrected chi connectivity index (χ4v) is 2.42. The number of amides is 1. The molecule has 0 aliphatic heterocycles. The molecule has 3 aromatic rings. The summed E-state index contributed by atoms with van der Waals surface area (Å²) < 4.78 is 10.3. The highest BCUT2D eigenvalue weighted by Crippen LogP contribution is 2.23. The summed E-state index contributed by atoms with van der Waals surface area (Å²) in [6.45, 7) is 4.42. The van der Waals surface area contributed by atoms with Gasteiger partial charge in [-0.1, -0.05) is 19.9 Å². The maximum absolute atomic E-state index is 12.0. The van der Waals surface area contributed by atoms with Gasteiger partial charge in [-0.3, -0.25) is 4.79 Å². The van der Waals surface area contributed by atoms with E-state index in [1.807, 2.05) is 12.1 Å². The van der Waals surface area contributed by atoms with Gasteiger partial charge < -0.3 is 14.2 Å². The van der Waals surface area contributed by atoms with Crippen molar-refractivity contribution in [1.29, 1.82) is 0 Å². The lowest BCUT2D eigenvalue weighted by molar-refractivity contribution is 0.0923. The smallest absolute Gasteiger partial charge is 0.336 e. The van der Waals surface area contributed by atoms with Crippen LogP contribution in [0, 0.1) is 0 Å². The van der Waals surface area contributed by atoms with Gasteiger partial charge in [0.2, 0.25) is 0 Å². The van der Waals surface area contributed by atoms with Gasteiger partial charge in [-0.05, 0) is 41.3 Å². The van der Waals surface area contributed by atoms with E-state index in [0.717, 1.165) is 16.5 Å². The number of carbonyl (C=O) groups excluding carboxylic acids is 1. The van der Waals surface area contributed by atoms with Crippen molar-refractivity contribution >= 4 is 16.9 Å². The topological polar surface area (TPSA) is 72.5 Å². The normalized spacial score (nSPS) is 11.1. The van der Waals surface area contributed by atoms with Gasteiger partial charge in [0, 0.05) is 18.0 Å². The highest BCUT2D eigenvalue weighted by atomic mass is 16.4. The van der Waals surface area contributed by atoms with Crippen LogP contribution in [0.15, 0.2) is 56.3 Å². The molecule has 0 aliphatic carbocycles. The van der Waals surface area contributed by atoms with Gasteiger partial charge in [0.1, 0.15) is 5.58 Å². The van der Waals surface area contributed by atoms with Crippen LogP contribution in [-0.2, 0) is 6.54 Å². The molecular weight excluding hydrogens is 294 g/mol. The SMILES string of the molecule is CC(C)c1ccc2oc(=O)cc(CNC(=O)c3ccco3)c2c1. The van der Waals surface area contributed by atoms with Gasteiger partial charge in [-0.2, -0.15) is 0 Å². The van der Waals surface area contributed by atoms with Gasteiger partial charge in [0.15, 0.2) is 5.76 Å². The van der Waals surface area contributed by atoms with E-state index in [4.69, 9.17) is 8.83 Å². The Morgan fingerprint density at radius 3 is 2.74 bits per heavy atom. The van der Waals surface area contributed by atoms with E-state index in [9.17, 15) is 9.59 Å². The quantitative estimate of drug-likeness (QED) is 0.749. The fraction of sp³-hybridized carbons (Fsp3) is 0.222. The molecule has 0 aliphatic rings. The third-order valence-corrected chi connectivity index (χ3v) is 3.70. The van der Waals surface area contributed by atoms with Crippen molar-refractivity contribution in [2.75, 3.05) is 0 Å². The van der Waals surface area contributed by atoms with Crippen LogP contribution in [0.25, 0.3) is 11.0 Å². The van der Waals surface area contributed by atoms with Crippen molar-refractivity contribution in [1.82, 2.24) is 5.32 Å². The first-order valence-electron chi connectivity index (χ1n) is 7.43. The summed E-state index contributed by atoms with van der Waals surface area (Å²) in [4.78, 5) is 23.7. The molecule has 0 saturated heterocycles. The number of furan rings is 1. The Labute approximate surface area is 132 Å². The summed E-state index contributed by atoms with van der Waals surface area (Å²) in [7, 11) is 0. The Morgan fingerprint density at radius 1 is 1.22 bits per heavy atom. The van der Waals surface area contributed by atoms with E-state index in [2.05, 4.69) is 19.2 Å². The molecule has 0 radical (unpaired) electrons. The lowest BCUT2D eigenvalue weighted by atomic mass is 9.99. The van der Waals surface area contributed by atoms with Crippen LogP contribution in [0.3, 0.4) is 0 Å². The van der Waals surface area contributed by atoms with Crippen LogP contribution in [0.5, 0.6) is 0 Å². The molecule has 1 aromatic carbocycles. The molecule has 0 bridgehead atoms. The lowest BCUT2D eigenvalue weighted by Crippen LogP contribution is -2.23. The number of carbonyl (C=O) groups is 1. The number of hydrogen-bond donors (Lipinski definition) is 1. The Hall–Kier alpha value is -2.82. The van der Waals surface area contributed by atoms with Crippen LogP contribution in [0.4, 0.5) is 0 Å². The minimum Gasteiger partial charge on any atom is -0.459 e. The van der Waals surface area contributed by atoms with Crippen molar-refractivity contribution in [3.05, 3.63) is 70.0 Å². The molecule has 0 unspecified atom stereocenters. The summed E-state index contributed by atoms with van der Waals surface area (Å²) in [6.07, 6.45) is 1.44. The summed E-state index contributed by atoms with van der Waals surface area (Å²) in [6, 6.07) is 10.4. The summed E-state index contributed by atoms with van der Waals surface area (Å²) in [5, 5.41) is 3.59. The third kappa shape index (κ3) is 3.18. The van der Waals surface area contributed by atoms with E-state index in [1.54, 1.807) is 18.2 Å². The van der Waals surface area contributed by atoms with Crippen molar-refractivity contribution < 1.29 is 13.6 Å². The number of nitrogens with one attached hydrogen (secondary N) is 1. The van der Waals surface area contributed by atoms with Crippen LogP contribution < -0.4 is 10.9 Å². The predicted molar refractivity (Wildman–Crippen MR) is 86.5 cm³/mol. The standard InChI is InChI=1S/C18H17NO4/c1-11(2)12-5-6-15-14(8-12)13(9-17(20)23-15)10-19-18(21)16-4-3-7-22-16/h3-9,11H,10H2,1-2H3,(H,19,21). The van der Waals surface area contributed by atoms with Gasteiger partial charge in [-0.15, -0.1) is 0 Å². The lowest BCUT2D eigenvalue weighted by Gasteiger charge is -2.10. The number of hydrogen-bond acceptors (Lipinski definition) is 4. The van der Waals surface area contributed by atoms with Gasteiger partial charge >= 0.3 is 5.63 Å².